The van der Waals surface area contributed by atoms with Crippen LogP contribution in [0.2, 0.25) is 0 Å². The molecule has 130 valence electrons. The average Bonchev–Trinajstić information content (AvgIpc) is 3.25. The van der Waals surface area contributed by atoms with Gasteiger partial charge >= 0.3 is 0 Å². The van der Waals surface area contributed by atoms with E-state index < -0.39 is 0 Å². The summed E-state index contributed by atoms with van der Waals surface area (Å²) in [5.41, 5.74) is 4.92. The monoisotopic (exact) mass is 351 g/mol. The van der Waals surface area contributed by atoms with Crippen molar-refractivity contribution in [2.24, 2.45) is 7.05 Å². The van der Waals surface area contributed by atoms with E-state index in [1.54, 1.807) is 0 Å². The first-order valence-electron chi connectivity index (χ1n) is 8.87. The van der Waals surface area contributed by atoms with Crippen LogP contribution in [0.5, 0.6) is 0 Å². The van der Waals surface area contributed by atoms with E-state index in [9.17, 15) is 4.79 Å². The summed E-state index contributed by atoms with van der Waals surface area (Å²) >= 11 is 0. The highest BCUT2D eigenvalue weighted by atomic mass is 16.1. The number of benzene rings is 3. The summed E-state index contributed by atoms with van der Waals surface area (Å²) in [7, 11) is 1.98. The van der Waals surface area contributed by atoms with Crippen LogP contribution in [0.4, 0.5) is 0 Å². The van der Waals surface area contributed by atoms with Crippen molar-refractivity contribution in [3.8, 4) is 11.3 Å². The Hall–Kier alpha value is -3.66. The van der Waals surface area contributed by atoms with Gasteiger partial charge in [0.15, 0.2) is 0 Å². The first-order chi connectivity index (χ1) is 13.3. The molecule has 4 heteroatoms. The van der Waals surface area contributed by atoms with Gasteiger partial charge in [-0.25, -0.2) is 4.98 Å². The largest absolute Gasteiger partial charge is 0.313 e. The molecule has 0 saturated heterocycles. The second-order valence-electron chi connectivity index (χ2n) is 6.55. The molecule has 5 aromatic rings. The molecule has 0 radical (unpaired) electrons. The van der Waals surface area contributed by atoms with Crippen molar-refractivity contribution in [1.82, 2.24) is 14.0 Å². The highest BCUT2D eigenvalue weighted by Crippen LogP contribution is 2.30. The second kappa shape index (κ2) is 5.95. The quantitative estimate of drug-likeness (QED) is 0.441. The molecule has 5 rings (SSSR count). The van der Waals surface area contributed by atoms with E-state index in [1.807, 2.05) is 101 Å². The highest BCUT2D eigenvalue weighted by Gasteiger charge is 2.25. The summed E-state index contributed by atoms with van der Waals surface area (Å²) in [6.07, 6.45) is 0. The van der Waals surface area contributed by atoms with Gasteiger partial charge in [0, 0.05) is 18.2 Å². The molecule has 0 aliphatic carbocycles. The Kier molecular flexibility index (Phi) is 3.44. The fourth-order valence-electron chi connectivity index (χ4n) is 3.64. The van der Waals surface area contributed by atoms with Gasteiger partial charge in [-0.15, -0.1) is 0 Å². The third-order valence-corrected chi connectivity index (χ3v) is 4.94. The number of hydrogen-bond acceptors (Lipinski definition) is 2. The molecule has 0 atom stereocenters. The summed E-state index contributed by atoms with van der Waals surface area (Å²) in [4.78, 5) is 18.4. The Balaban J connectivity index is 1.90. The Bertz CT molecular complexity index is 1280. The summed E-state index contributed by atoms with van der Waals surface area (Å²) in [5, 5.41) is 0. The Morgan fingerprint density at radius 2 is 1.37 bits per heavy atom. The molecule has 2 aromatic heterocycles. The Labute approximate surface area is 156 Å². The molecular formula is C23H17N3O. The maximum atomic E-state index is 13.5. The van der Waals surface area contributed by atoms with Crippen LogP contribution in [0.25, 0.3) is 28.1 Å². The lowest BCUT2D eigenvalue weighted by molar-refractivity contribution is 0.103. The van der Waals surface area contributed by atoms with Crippen molar-refractivity contribution in [2.45, 2.75) is 0 Å². The molecule has 0 spiro atoms. The third kappa shape index (κ3) is 2.30. The fourth-order valence-corrected chi connectivity index (χ4v) is 3.64. The van der Waals surface area contributed by atoms with Crippen LogP contribution < -0.4 is 0 Å². The van der Waals surface area contributed by atoms with Gasteiger partial charge in [0.2, 0.25) is 11.6 Å². The number of aryl methyl sites for hydroxylation is 1. The van der Waals surface area contributed by atoms with E-state index in [4.69, 9.17) is 4.98 Å². The number of hydrogen-bond donors (Lipinski definition) is 0. The maximum absolute atomic E-state index is 13.5. The number of carbonyl (C=O) groups excluding carboxylic acids is 1. The van der Waals surface area contributed by atoms with Crippen molar-refractivity contribution >= 4 is 22.6 Å². The molecule has 0 aliphatic rings. The third-order valence-electron chi connectivity index (χ3n) is 4.94. The van der Waals surface area contributed by atoms with Gasteiger partial charge < -0.3 is 4.57 Å². The van der Waals surface area contributed by atoms with Crippen LogP contribution in [-0.4, -0.2) is 19.7 Å². The zero-order chi connectivity index (χ0) is 18.4. The molecule has 4 nitrogen and oxygen atoms in total. The van der Waals surface area contributed by atoms with E-state index in [1.165, 1.54) is 0 Å². The number of imidazole rings is 2. The van der Waals surface area contributed by atoms with E-state index >= 15 is 0 Å². The van der Waals surface area contributed by atoms with Crippen molar-refractivity contribution in [3.63, 3.8) is 0 Å². The van der Waals surface area contributed by atoms with Gasteiger partial charge in [0.05, 0.1) is 11.0 Å². The first-order valence-corrected chi connectivity index (χ1v) is 8.87. The number of carbonyl (C=O) groups is 1. The maximum Gasteiger partial charge on any atom is 0.215 e. The first kappa shape index (κ1) is 15.6. The molecule has 0 aliphatic heterocycles. The van der Waals surface area contributed by atoms with Crippen molar-refractivity contribution in [3.05, 3.63) is 96.2 Å². The molecule has 0 saturated carbocycles. The summed E-state index contributed by atoms with van der Waals surface area (Å²) < 4.78 is 4.01. The lowest BCUT2D eigenvalue weighted by Crippen LogP contribution is -2.06. The number of nitrogens with zero attached hydrogens (tertiary/aromatic N) is 3. The predicted octanol–water partition coefficient (Wildman–Crippen LogP) is 4.72. The fraction of sp³-hybridized carbons (Fsp3) is 0.0435. The number of fused-ring (bicyclic) bond motifs is 3. The second-order valence-corrected chi connectivity index (χ2v) is 6.55. The van der Waals surface area contributed by atoms with Crippen molar-refractivity contribution in [2.75, 3.05) is 0 Å². The van der Waals surface area contributed by atoms with Crippen LogP contribution in [0, 0.1) is 0 Å². The zero-order valence-electron chi connectivity index (χ0n) is 14.8. The highest BCUT2D eigenvalue weighted by molar-refractivity contribution is 6.12. The van der Waals surface area contributed by atoms with Gasteiger partial charge in [-0.3, -0.25) is 9.20 Å². The minimum atomic E-state index is -0.0293. The number of aromatic nitrogens is 3. The molecule has 0 amide bonds. The molecule has 0 fully saturated rings. The SMILES string of the molecule is Cn1c2ccccc2n2c(C(=O)c3ccccc3)c(-c3ccccc3)nc12. The molecular weight excluding hydrogens is 334 g/mol. The van der Waals surface area contributed by atoms with Gasteiger partial charge in [-0.1, -0.05) is 72.8 Å². The van der Waals surface area contributed by atoms with E-state index in [0.29, 0.717) is 17.0 Å². The minimum Gasteiger partial charge on any atom is -0.313 e. The predicted molar refractivity (Wildman–Crippen MR) is 107 cm³/mol. The van der Waals surface area contributed by atoms with Crippen LogP contribution in [0.1, 0.15) is 16.1 Å². The lowest BCUT2D eigenvalue weighted by atomic mass is 10.0. The van der Waals surface area contributed by atoms with Crippen LogP contribution in [-0.2, 0) is 7.05 Å². The Morgan fingerprint density at radius 3 is 2.07 bits per heavy atom. The van der Waals surface area contributed by atoms with Crippen molar-refractivity contribution < 1.29 is 4.79 Å². The van der Waals surface area contributed by atoms with Crippen molar-refractivity contribution in [1.29, 1.82) is 0 Å². The summed E-state index contributed by atoms with van der Waals surface area (Å²) in [6.45, 7) is 0. The Morgan fingerprint density at radius 1 is 0.778 bits per heavy atom. The van der Waals surface area contributed by atoms with Crippen LogP contribution in [0.3, 0.4) is 0 Å². The molecule has 0 N–H and O–H groups in total. The lowest BCUT2D eigenvalue weighted by Gasteiger charge is -2.05. The summed E-state index contributed by atoms with van der Waals surface area (Å²) in [6, 6.07) is 27.3. The normalized spacial score (nSPS) is 11.3. The standard InChI is InChI=1S/C23H17N3O/c1-25-18-14-8-9-15-19(18)26-21(22(27)17-12-6-3-7-13-17)20(24-23(25)26)16-10-4-2-5-11-16/h2-15H,1H3. The molecule has 0 bridgehead atoms. The van der Waals surface area contributed by atoms with Crippen LogP contribution in [0.15, 0.2) is 84.9 Å². The van der Waals surface area contributed by atoms with Gasteiger partial charge in [0.1, 0.15) is 11.4 Å². The van der Waals surface area contributed by atoms with Gasteiger partial charge in [-0.2, -0.15) is 0 Å². The van der Waals surface area contributed by atoms with Gasteiger partial charge in [0.25, 0.3) is 0 Å². The molecule has 0 unspecified atom stereocenters. The van der Waals surface area contributed by atoms with E-state index in [0.717, 1.165) is 22.4 Å². The van der Waals surface area contributed by atoms with E-state index in [-0.39, 0.29) is 5.78 Å². The number of para-hydroxylation sites is 2. The summed E-state index contributed by atoms with van der Waals surface area (Å²) in [5.74, 6) is 0.729. The minimum absolute atomic E-state index is 0.0293. The van der Waals surface area contributed by atoms with Crippen LogP contribution >= 0.6 is 0 Å². The molecule has 2 heterocycles. The topological polar surface area (TPSA) is 39.3 Å². The number of ketones is 1. The molecule has 27 heavy (non-hydrogen) atoms. The smallest absolute Gasteiger partial charge is 0.215 e. The molecule has 3 aromatic carbocycles. The number of rotatable bonds is 3. The zero-order valence-corrected chi connectivity index (χ0v) is 14.8. The van der Waals surface area contributed by atoms with E-state index in [2.05, 4.69) is 0 Å². The average molecular weight is 351 g/mol. The van der Waals surface area contributed by atoms with Gasteiger partial charge in [-0.05, 0) is 12.1 Å².